The molecule has 1 fully saturated rings. The highest BCUT2D eigenvalue weighted by molar-refractivity contribution is 7.92. The average molecular weight is 401 g/mol. The summed E-state index contributed by atoms with van der Waals surface area (Å²) in [5, 5.41) is 11.4. The van der Waals surface area contributed by atoms with Gasteiger partial charge in [0.05, 0.1) is 35.1 Å². The van der Waals surface area contributed by atoms with Gasteiger partial charge in [-0.25, -0.2) is 18.4 Å². The van der Waals surface area contributed by atoms with Crippen LogP contribution in [0.2, 0.25) is 0 Å². The standard InChI is InChI=1S/C18H23N7O2S/c1-3-28(26,27)16-5-4-15(8-16)25-11-13(9-21-25)17-6-7-19-18(23-17)22-14-10-20-24(2)12-14/h6-7,9-12,15-16H,3-5,8H2,1-2H3,(H,19,22,23). The second-order valence-electron chi connectivity index (χ2n) is 7.04. The van der Waals surface area contributed by atoms with E-state index in [1.807, 2.05) is 30.2 Å². The van der Waals surface area contributed by atoms with Gasteiger partial charge in [-0.2, -0.15) is 10.2 Å². The molecule has 3 heterocycles. The van der Waals surface area contributed by atoms with Gasteiger partial charge in [0.15, 0.2) is 9.84 Å². The Balaban J connectivity index is 1.50. The van der Waals surface area contributed by atoms with E-state index in [1.165, 1.54) is 0 Å². The molecule has 0 spiro atoms. The van der Waals surface area contributed by atoms with E-state index in [2.05, 4.69) is 25.5 Å². The molecular formula is C18H23N7O2S. The van der Waals surface area contributed by atoms with E-state index in [-0.39, 0.29) is 17.0 Å². The molecule has 0 bridgehead atoms. The number of sulfone groups is 1. The summed E-state index contributed by atoms with van der Waals surface area (Å²) in [5.74, 6) is 0.677. The first-order valence-corrected chi connectivity index (χ1v) is 11.0. The Kier molecular flexibility index (Phi) is 4.88. The quantitative estimate of drug-likeness (QED) is 0.675. The smallest absolute Gasteiger partial charge is 0.227 e. The van der Waals surface area contributed by atoms with Crippen LogP contribution in [0.1, 0.15) is 32.2 Å². The first-order chi connectivity index (χ1) is 13.4. The lowest BCUT2D eigenvalue weighted by atomic mass is 10.2. The van der Waals surface area contributed by atoms with Crippen LogP contribution in [0.5, 0.6) is 0 Å². The lowest BCUT2D eigenvalue weighted by Crippen LogP contribution is -2.20. The molecule has 4 rings (SSSR count). The molecule has 1 aliphatic carbocycles. The summed E-state index contributed by atoms with van der Waals surface area (Å²) in [4.78, 5) is 8.79. The molecule has 2 unspecified atom stereocenters. The molecule has 0 saturated heterocycles. The summed E-state index contributed by atoms with van der Waals surface area (Å²) in [7, 11) is -1.15. The lowest BCUT2D eigenvalue weighted by molar-refractivity contribution is 0.466. The maximum Gasteiger partial charge on any atom is 0.227 e. The van der Waals surface area contributed by atoms with Gasteiger partial charge in [-0.15, -0.1) is 0 Å². The molecule has 1 saturated carbocycles. The van der Waals surface area contributed by atoms with Crippen LogP contribution in [0.4, 0.5) is 11.6 Å². The summed E-state index contributed by atoms with van der Waals surface area (Å²) in [6.45, 7) is 1.71. The molecule has 9 nitrogen and oxygen atoms in total. The Morgan fingerprint density at radius 2 is 2.07 bits per heavy atom. The zero-order valence-electron chi connectivity index (χ0n) is 15.9. The number of hydrogen-bond donors (Lipinski definition) is 1. The van der Waals surface area contributed by atoms with Crippen LogP contribution in [-0.2, 0) is 16.9 Å². The second-order valence-corrected chi connectivity index (χ2v) is 9.61. The maximum atomic E-state index is 12.1. The number of nitrogens with zero attached hydrogens (tertiary/aromatic N) is 6. The monoisotopic (exact) mass is 401 g/mol. The molecule has 0 aliphatic heterocycles. The van der Waals surface area contributed by atoms with Gasteiger partial charge in [0.1, 0.15) is 0 Å². The van der Waals surface area contributed by atoms with Crippen LogP contribution in [0.25, 0.3) is 11.3 Å². The minimum atomic E-state index is -2.99. The van der Waals surface area contributed by atoms with Crippen LogP contribution in [0, 0.1) is 0 Å². The van der Waals surface area contributed by atoms with Crippen LogP contribution >= 0.6 is 0 Å². The van der Waals surface area contributed by atoms with Crippen molar-refractivity contribution in [1.82, 2.24) is 29.5 Å². The molecule has 0 amide bonds. The van der Waals surface area contributed by atoms with Crippen molar-refractivity contribution in [3.8, 4) is 11.3 Å². The van der Waals surface area contributed by atoms with Crippen molar-refractivity contribution in [3.63, 3.8) is 0 Å². The van der Waals surface area contributed by atoms with Crippen molar-refractivity contribution < 1.29 is 8.42 Å². The zero-order valence-corrected chi connectivity index (χ0v) is 16.7. The Labute approximate surface area is 163 Å². The molecule has 148 valence electrons. The molecule has 0 radical (unpaired) electrons. The number of aromatic nitrogens is 6. The first-order valence-electron chi connectivity index (χ1n) is 9.29. The zero-order chi connectivity index (χ0) is 19.7. The number of rotatable bonds is 6. The Morgan fingerprint density at radius 1 is 1.21 bits per heavy atom. The third kappa shape index (κ3) is 3.77. The fraction of sp³-hybridized carbons (Fsp3) is 0.444. The second kappa shape index (κ2) is 7.34. The normalized spacial score (nSPS) is 19.8. The molecule has 1 N–H and O–H groups in total. The molecule has 3 aromatic heterocycles. The largest absolute Gasteiger partial charge is 0.321 e. The summed E-state index contributed by atoms with van der Waals surface area (Å²) >= 11 is 0. The highest BCUT2D eigenvalue weighted by Crippen LogP contribution is 2.34. The van der Waals surface area contributed by atoms with E-state index in [0.29, 0.717) is 18.8 Å². The van der Waals surface area contributed by atoms with Crippen molar-refractivity contribution in [3.05, 3.63) is 37.1 Å². The van der Waals surface area contributed by atoms with Crippen molar-refractivity contribution in [1.29, 1.82) is 0 Å². The van der Waals surface area contributed by atoms with E-state index >= 15 is 0 Å². The van der Waals surface area contributed by atoms with Gasteiger partial charge < -0.3 is 5.32 Å². The van der Waals surface area contributed by atoms with Crippen LogP contribution in [-0.4, -0.2) is 48.9 Å². The van der Waals surface area contributed by atoms with Crippen LogP contribution in [0.15, 0.2) is 37.1 Å². The van der Waals surface area contributed by atoms with Crippen molar-refractivity contribution in [2.75, 3.05) is 11.1 Å². The SMILES string of the molecule is CCS(=O)(=O)C1CCC(n2cc(-c3ccnc(Nc4cnn(C)c4)n3)cn2)C1. The predicted molar refractivity (Wildman–Crippen MR) is 106 cm³/mol. The third-order valence-electron chi connectivity index (χ3n) is 5.16. The average Bonchev–Trinajstić information content (AvgIpc) is 3.42. The minimum absolute atomic E-state index is 0.106. The van der Waals surface area contributed by atoms with Gasteiger partial charge in [-0.05, 0) is 25.3 Å². The summed E-state index contributed by atoms with van der Waals surface area (Å²) in [5.41, 5.74) is 2.44. The predicted octanol–water partition coefficient (Wildman–Crippen LogP) is 2.35. The Bertz CT molecular complexity index is 1070. The van der Waals surface area contributed by atoms with Crippen molar-refractivity contribution >= 4 is 21.5 Å². The third-order valence-corrected chi connectivity index (χ3v) is 7.40. The molecular weight excluding hydrogens is 378 g/mol. The molecule has 10 heteroatoms. The Hall–Kier alpha value is -2.75. The topological polar surface area (TPSA) is 108 Å². The van der Waals surface area contributed by atoms with E-state index < -0.39 is 9.84 Å². The van der Waals surface area contributed by atoms with Crippen LogP contribution < -0.4 is 5.32 Å². The highest BCUT2D eigenvalue weighted by Gasteiger charge is 2.34. The summed E-state index contributed by atoms with van der Waals surface area (Å²) in [6, 6.07) is 1.93. The Morgan fingerprint density at radius 3 is 2.82 bits per heavy atom. The maximum absolute atomic E-state index is 12.1. The fourth-order valence-corrected chi connectivity index (χ4v) is 5.07. The molecule has 28 heavy (non-hydrogen) atoms. The fourth-order valence-electron chi connectivity index (χ4n) is 3.58. The van der Waals surface area contributed by atoms with E-state index in [1.54, 1.807) is 30.2 Å². The van der Waals surface area contributed by atoms with Gasteiger partial charge in [0.2, 0.25) is 5.95 Å². The van der Waals surface area contributed by atoms with Gasteiger partial charge in [0.25, 0.3) is 0 Å². The summed E-state index contributed by atoms with van der Waals surface area (Å²) < 4.78 is 27.8. The number of nitrogens with one attached hydrogen (secondary N) is 1. The number of aryl methyl sites for hydroxylation is 1. The first kappa shape index (κ1) is 18.6. The minimum Gasteiger partial charge on any atom is -0.321 e. The van der Waals surface area contributed by atoms with Crippen LogP contribution in [0.3, 0.4) is 0 Å². The van der Waals surface area contributed by atoms with E-state index in [4.69, 9.17) is 0 Å². The number of anilines is 2. The molecule has 1 aliphatic rings. The lowest BCUT2D eigenvalue weighted by Gasteiger charge is -2.11. The van der Waals surface area contributed by atoms with Gasteiger partial charge in [-0.1, -0.05) is 6.92 Å². The molecule has 0 aromatic carbocycles. The van der Waals surface area contributed by atoms with E-state index in [9.17, 15) is 8.42 Å². The number of hydrogen-bond acceptors (Lipinski definition) is 7. The molecule has 2 atom stereocenters. The molecule has 3 aromatic rings. The van der Waals surface area contributed by atoms with E-state index in [0.717, 1.165) is 23.4 Å². The highest BCUT2D eigenvalue weighted by atomic mass is 32.2. The van der Waals surface area contributed by atoms with Crippen molar-refractivity contribution in [2.24, 2.45) is 7.05 Å². The van der Waals surface area contributed by atoms with Gasteiger partial charge in [0, 0.05) is 37.0 Å². The van der Waals surface area contributed by atoms with Crippen molar-refractivity contribution in [2.45, 2.75) is 37.5 Å². The van der Waals surface area contributed by atoms with Gasteiger partial charge >= 0.3 is 0 Å². The van der Waals surface area contributed by atoms with Gasteiger partial charge in [-0.3, -0.25) is 9.36 Å². The summed E-state index contributed by atoms with van der Waals surface area (Å²) in [6.07, 6.45) is 11.1.